The molecule has 0 bridgehead atoms. The van der Waals surface area contributed by atoms with Gasteiger partial charge in [-0.25, -0.2) is 0 Å². The molecule has 0 aromatic heterocycles. The largest absolute Gasteiger partial charge is 0.379 e. The molecule has 0 unspecified atom stereocenters. The predicted octanol–water partition coefficient (Wildman–Crippen LogP) is 7.17. The Morgan fingerprint density at radius 3 is 2.20 bits per heavy atom. The number of benzene rings is 2. The molecule has 3 nitrogen and oxygen atoms in total. The minimum atomic E-state index is 0.162. The number of hydrogen-bond acceptors (Lipinski definition) is 3. The molecule has 4 rings (SSSR count). The van der Waals surface area contributed by atoms with Crippen molar-refractivity contribution in [1.82, 2.24) is 4.90 Å². The number of rotatable bonds is 10. The van der Waals surface area contributed by atoms with Crippen LogP contribution in [0.1, 0.15) is 106 Å². The SMILES string of the molecule is CC(C)c1cccc(C(C)C)c1CC(=O)CCC1(c2cccc(CN3CCOCC3)c2)CCCC1. The first kappa shape index (κ1) is 26.1. The molecule has 1 aliphatic carbocycles. The van der Waals surface area contributed by atoms with Crippen LogP contribution in [-0.2, 0) is 27.9 Å². The van der Waals surface area contributed by atoms with Crippen LogP contribution in [0.2, 0.25) is 0 Å². The van der Waals surface area contributed by atoms with Gasteiger partial charge >= 0.3 is 0 Å². The van der Waals surface area contributed by atoms with Gasteiger partial charge in [-0.05, 0) is 64.3 Å². The van der Waals surface area contributed by atoms with Gasteiger partial charge in [0.1, 0.15) is 5.78 Å². The summed E-state index contributed by atoms with van der Waals surface area (Å²) >= 11 is 0. The number of Topliss-reactive ketones (excluding diaryl/α,β-unsaturated/α-hetero) is 1. The van der Waals surface area contributed by atoms with Crippen molar-refractivity contribution in [3.63, 3.8) is 0 Å². The highest BCUT2D eigenvalue weighted by molar-refractivity contribution is 5.82. The summed E-state index contributed by atoms with van der Waals surface area (Å²) in [6, 6.07) is 15.9. The Labute approximate surface area is 213 Å². The Morgan fingerprint density at radius 1 is 0.943 bits per heavy atom. The third-order valence-electron chi connectivity index (χ3n) is 8.36. The van der Waals surface area contributed by atoms with E-state index >= 15 is 0 Å². The first-order valence-electron chi connectivity index (χ1n) is 13.9. The molecule has 2 aromatic carbocycles. The summed E-state index contributed by atoms with van der Waals surface area (Å²) in [5.41, 5.74) is 6.99. The first-order valence-corrected chi connectivity index (χ1v) is 13.9. The van der Waals surface area contributed by atoms with Crippen LogP contribution in [0.25, 0.3) is 0 Å². The van der Waals surface area contributed by atoms with Crippen molar-refractivity contribution < 1.29 is 9.53 Å². The van der Waals surface area contributed by atoms with E-state index in [0.29, 0.717) is 30.5 Å². The van der Waals surface area contributed by atoms with Crippen molar-refractivity contribution in [2.24, 2.45) is 0 Å². The van der Waals surface area contributed by atoms with Crippen molar-refractivity contribution in [1.29, 1.82) is 0 Å². The summed E-state index contributed by atoms with van der Waals surface area (Å²) in [5, 5.41) is 0. The second kappa shape index (κ2) is 11.8. The summed E-state index contributed by atoms with van der Waals surface area (Å²) in [6.07, 6.45) is 7.20. The quantitative estimate of drug-likeness (QED) is 0.365. The fourth-order valence-corrected chi connectivity index (χ4v) is 6.33. The molecule has 0 N–H and O–H groups in total. The van der Waals surface area contributed by atoms with Crippen molar-refractivity contribution in [3.8, 4) is 0 Å². The fraction of sp³-hybridized carbons (Fsp3) is 0.594. The first-order chi connectivity index (χ1) is 16.9. The second-order valence-corrected chi connectivity index (χ2v) is 11.5. The molecule has 0 radical (unpaired) electrons. The smallest absolute Gasteiger partial charge is 0.137 e. The van der Waals surface area contributed by atoms with Gasteiger partial charge in [-0.15, -0.1) is 0 Å². The average molecular weight is 476 g/mol. The van der Waals surface area contributed by atoms with Crippen LogP contribution in [0.3, 0.4) is 0 Å². The zero-order valence-corrected chi connectivity index (χ0v) is 22.4. The van der Waals surface area contributed by atoms with E-state index in [1.54, 1.807) is 0 Å². The summed E-state index contributed by atoms with van der Waals surface area (Å²) in [4.78, 5) is 15.9. The van der Waals surface area contributed by atoms with E-state index in [2.05, 4.69) is 75.1 Å². The lowest BCUT2D eigenvalue weighted by atomic mass is 9.74. The van der Waals surface area contributed by atoms with E-state index in [0.717, 1.165) is 39.3 Å². The van der Waals surface area contributed by atoms with Crippen molar-refractivity contribution in [2.75, 3.05) is 26.3 Å². The number of carbonyl (C=O) groups is 1. The van der Waals surface area contributed by atoms with E-state index in [-0.39, 0.29) is 5.41 Å². The molecule has 0 amide bonds. The minimum absolute atomic E-state index is 0.162. The molecule has 0 spiro atoms. The molecular weight excluding hydrogens is 430 g/mol. The molecule has 1 aliphatic heterocycles. The zero-order chi connectivity index (χ0) is 24.8. The van der Waals surface area contributed by atoms with Gasteiger partial charge in [0.25, 0.3) is 0 Å². The van der Waals surface area contributed by atoms with E-state index in [4.69, 9.17) is 4.74 Å². The number of carbonyl (C=O) groups excluding carboxylic acids is 1. The lowest BCUT2D eigenvalue weighted by molar-refractivity contribution is -0.118. The molecule has 3 heteroatoms. The van der Waals surface area contributed by atoms with Crippen LogP contribution in [0.4, 0.5) is 0 Å². The number of nitrogens with zero attached hydrogens (tertiary/aromatic N) is 1. The maximum atomic E-state index is 13.4. The lowest BCUT2D eigenvalue weighted by Crippen LogP contribution is -2.35. The van der Waals surface area contributed by atoms with E-state index in [1.165, 1.54) is 53.5 Å². The van der Waals surface area contributed by atoms with Crippen molar-refractivity contribution in [3.05, 3.63) is 70.3 Å². The van der Waals surface area contributed by atoms with Gasteiger partial charge < -0.3 is 4.74 Å². The third kappa shape index (κ3) is 6.43. The highest BCUT2D eigenvalue weighted by Crippen LogP contribution is 2.45. The van der Waals surface area contributed by atoms with E-state index in [9.17, 15) is 4.79 Å². The zero-order valence-electron chi connectivity index (χ0n) is 22.4. The van der Waals surface area contributed by atoms with Crippen LogP contribution >= 0.6 is 0 Å². The Kier molecular flexibility index (Phi) is 8.83. The standard InChI is InChI=1S/C32H45NO2/c1-24(2)29-11-8-12-30(25(3)4)31(29)22-28(34)13-16-32(14-5-6-15-32)27-10-7-9-26(21-27)23-33-17-19-35-20-18-33/h7-12,21,24-25H,5-6,13-20,22-23H2,1-4H3. The minimum Gasteiger partial charge on any atom is -0.379 e. The van der Waals surface area contributed by atoms with Crippen molar-refractivity contribution >= 4 is 5.78 Å². The third-order valence-corrected chi connectivity index (χ3v) is 8.36. The van der Waals surface area contributed by atoms with Crippen molar-refractivity contribution in [2.45, 2.75) is 96.4 Å². The highest BCUT2D eigenvalue weighted by atomic mass is 16.5. The second-order valence-electron chi connectivity index (χ2n) is 11.5. The van der Waals surface area contributed by atoms with Crippen LogP contribution in [-0.4, -0.2) is 37.0 Å². The Morgan fingerprint density at radius 2 is 1.57 bits per heavy atom. The number of hydrogen-bond donors (Lipinski definition) is 0. The summed E-state index contributed by atoms with van der Waals surface area (Å²) in [6.45, 7) is 13.7. The maximum absolute atomic E-state index is 13.4. The summed E-state index contributed by atoms with van der Waals surface area (Å²) in [7, 11) is 0. The molecule has 1 saturated heterocycles. The van der Waals surface area contributed by atoms with Crippen LogP contribution in [0.15, 0.2) is 42.5 Å². The summed E-state index contributed by atoms with van der Waals surface area (Å²) in [5.74, 6) is 1.27. The number of morpholine rings is 1. The van der Waals surface area contributed by atoms with Crippen LogP contribution in [0.5, 0.6) is 0 Å². The highest BCUT2D eigenvalue weighted by Gasteiger charge is 2.36. The maximum Gasteiger partial charge on any atom is 0.137 e. The van der Waals surface area contributed by atoms with E-state index < -0.39 is 0 Å². The van der Waals surface area contributed by atoms with Gasteiger partial charge in [-0.1, -0.05) is 83.0 Å². The molecule has 2 aromatic rings. The topological polar surface area (TPSA) is 29.5 Å². The van der Waals surface area contributed by atoms with Gasteiger partial charge in [0.05, 0.1) is 13.2 Å². The molecular formula is C32H45NO2. The molecule has 0 atom stereocenters. The van der Waals surface area contributed by atoms with Gasteiger partial charge in [0, 0.05) is 32.5 Å². The fourth-order valence-electron chi connectivity index (χ4n) is 6.33. The van der Waals surface area contributed by atoms with Crippen LogP contribution < -0.4 is 0 Å². The predicted molar refractivity (Wildman–Crippen MR) is 145 cm³/mol. The Balaban J connectivity index is 1.47. The summed E-state index contributed by atoms with van der Waals surface area (Å²) < 4.78 is 5.52. The van der Waals surface area contributed by atoms with E-state index in [1.807, 2.05) is 0 Å². The molecule has 35 heavy (non-hydrogen) atoms. The lowest BCUT2D eigenvalue weighted by Gasteiger charge is -2.31. The number of ketones is 1. The Bertz CT molecular complexity index is 955. The normalized spacial score (nSPS) is 18.5. The molecule has 190 valence electrons. The molecule has 2 fully saturated rings. The van der Waals surface area contributed by atoms with Gasteiger partial charge in [-0.3, -0.25) is 9.69 Å². The van der Waals surface area contributed by atoms with Gasteiger partial charge in [0.2, 0.25) is 0 Å². The molecule has 2 aliphatic rings. The van der Waals surface area contributed by atoms with Crippen LogP contribution in [0, 0.1) is 0 Å². The van der Waals surface area contributed by atoms with Gasteiger partial charge in [-0.2, -0.15) is 0 Å². The monoisotopic (exact) mass is 475 g/mol. The molecule has 1 saturated carbocycles. The molecule has 1 heterocycles. The van der Waals surface area contributed by atoms with Gasteiger partial charge in [0.15, 0.2) is 0 Å². The Hall–Kier alpha value is -1.97. The average Bonchev–Trinajstić information content (AvgIpc) is 3.34. The number of ether oxygens (including phenoxy) is 1.